The monoisotopic (exact) mass is 224 g/mol. The van der Waals surface area contributed by atoms with Crippen molar-refractivity contribution in [2.24, 2.45) is 0 Å². The molecule has 1 saturated heterocycles. The minimum Gasteiger partial charge on any atom is -0.340 e. The zero-order valence-corrected chi connectivity index (χ0v) is 9.64. The predicted molar refractivity (Wildman–Crippen MR) is 56.8 cm³/mol. The van der Waals surface area contributed by atoms with E-state index in [0.717, 1.165) is 26.2 Å². The van der Waals surface area contributed by atoms with E-state index in [9.17, 15) is 4.79 Å². The van der Waals surface area contributed by atoms with Crippen molar-refractivity contribution >= 4 is 5.91 Å². The standard InChI is InChI=1S/C10H16N4O2/c1-8-11-9(16-12-8)7-10(15)14-5-3-13(2)4-6-14/h3-7H2,1-2H3. The fourth-order valence-corrected chi connectivity index (χ4v) is 1.71. The van der Waals surface area contributed by atoms with E-state index in [1.807, 2.05) is 4.90 Å². The summed E-state index contributed by atoms with van der Waals surface area (Å²) < 4.78 is 4.93. The number of aromatic nitrogens is 2. The Morgan fingerprint density at radius 3 is 2.62 bits per heavy atom. The molecule has 2 heterocycles. The van der Waals surface area contributed by atoms with Gasteiger partial charge >= 0.3 is 0 Å². The Morgan fingerprint density at radius 2 is 2.06 bits per heavy atom. The number of nitrogens with zero attached hydrogens (tertiary/aromatic N) is 4. The zero-order chi connectivity index (χ0) is 11.5. The highest BCUT2D eigenvalue weighted by molar-refractivity contribution is 5.77. The first-order valence-electron chi connectivity index (χ1n) is 5.40. The van der Waals surface area contributed by atoms with E-state index in [1.165, 1.54) is 0 Å². The second kappa shape index (κ2) is 4.61. The molecule has 6 nitrogen and oxygen atoms in total. The fourth-order valence-electron chi connectivity index (χ4n) is 1.71. The number of amides is 1. The van der Waals surface area contributed by atoms with E-state index < -0.39 is 0 Å². The van der Waals surface area contributed by atoms with Gasteiger partial charge in [0.05, 0.1) is 0 Å². The van der Waals surface area contributed by atoms with Crippen molar-refractivity contribution in [1.82, 2.24) is 19.9 Å². The van der Waals surface area contributed by atoms with Crippen molar-refractivity contribution < 1.29 is 9.32 Å². The molecule has 0 unspecified atom stereocenters. The Balaban J connectivity index is 1.88. The van der Waals surface area contributed by atoms with E-state index >= 15 is 0 Å². The molecular weight excluding hydrogens is 208 g/mol. The lowest BCUT2D eigenvalue weighted by molar-refractivity contribution is -0.132. The average molecular weight is 224 g/mol. The summed E-state index contributed by atoms with van der Waals surface area (Å²) in [5.74, 6) is 1.04. The van der Waals surface area contributed by atoms with Gasteiger partial charge in [-0.3, -0.25) is 4.79 Å². The number of hydrogen-bond donors (Lipinski definition) is 0. The highest BCUT2D eigenvalue weighted by Gasteiger charge is 2.20. The third kappa shape index (κ3) is 2.57. The second-order valence-corrected chi connectivity index (χ2v) is 4.10. The molecule has 0 atom stereocenters. The smallest absolute Gasteiger partial charge is 0.236 e. The summed E-state index contributed by atoms with van der Waals surface area (Å²) >= 11 is 0. The van der Waals surface area contributed by atoms with Crippen LogP contribution in [-0.4, -0.2) is 59.1 Å². The molecule has 1 aromatic rings. The molecule has 1 amide bonds. The van der Waals surface area contributed by atoms with Gasteiger partial charge < -0.3 is 14.3 Å². The van der Waals surface area contributed by atoms with Crippen LogP contribution in [0, 0.1) is 6.92 Å². The van der Waals surface area contributed by atoms with Crippen LogP contribution in [0.15, 0.2) is 4.52 Å². The van der Waals surface area contributed by atoms with Crippen LogP contribution >= 0.6 is 0 Å². The molecule has 1 aromatic heterocycles. The molecule has 6 heteroatoms. The number of likely N-dealkylation sites (N-methyl/N-ethyl adjacent to an activating group) is 1. The maximum atomic E-state index is 11.9. The Morgan fingerprint density at radius 1 is 1.38 bits per heavy atom. The molecule has 1 aliphatic heterocycles. The highest BCUT2D eigenvalue weighted by Crippen LogP contribution is 2.04. The van der Waals surface area contributed by atoms with Gasteiger partial charge in [0.2, 0.25) is 11.8 Å². The van der Waals surface area contributed by atoms with Crippen LogP contribution in [0.2, 0.25) is 0 Å². The summed E-state index contributed by atoms with van der Waals surface area (Å²) in [6.45, 7) is 5.15. The number of carbonyl (C=O) groups excluding carboxylic acids is 1. The van der Waals surface area contributed by atoms with Gasteiger partial charge in [-0.25, -0.2) is 0 Å². The number of carbonyl (C=O) groups is 1. The largest absolute Gasteiger partial charge is 0.340 e. The lowest BCUT2D eigenvalue weighted by Gasteiger charge is -2.32. The fraction of sp³-hybridized carbons (Fsp3) is 0.700. The lowest BCUT2D eigenvalue weighted by atomic mass is 10.3. The third-order valence-electron chi connectivity index (χ3n) is 2.73. The molecule has 88 valence electrons. The molecule has 0 spiro atoms. The molecule has 0 aliphatic carbocycles. The number of piperazine rings is 1. The second-order valence-electron chi connectivity index (χ2n) is 4.10. The average Bonchev–Trinajstić information content (AvgIpc) is 2.65. The van der Waals surface area contributed by atoms with E-state index in [2.05, 4.69) is 22.1 Å². The highest BCUT2D eigenvalue weighted by atomic mass is 16.5. The molecule has 2 rings (SSSR count). The minimum absolute atomic E-state index is 0.0664. The molecule has 0 radical (unpaired) electrons. The molecule has 0 aromatic carbocycles. The summed E-state index contributed by atoms with van der Waals surface area (Å²) in [5, 5.41) is 3.66. The summed E-state index contributed by atoms with van der Waals surface area (Å²) in [5.41, 5.74) is 0. The minimum atomic E-state index is 0.0664. The van der Waals surface area contributed by atoms with Gasteiger partial charge in [-0.2, -0.15) is 4.98 Å². The van der Waals surface area contributed by atoms with Crippen molar-refractivity contribution in [1.29, 1.82) is 0 Å². The molecule has 1 aliphatic rings. The normalized spacial score (nSPS) is 17.8. The van der Waals surface area contributed by atoms with Crippen molar-refractivity contribution in [3.8, 4) is 0 Å². The SMILES string of the molecule is Cc1noc(CC(=O)N2CCN(C)CC2)n1. The predicted octanol–water partition coefficient (Wildman–Crippen LogP) is -0.305. The third-order valence-corrected chi connectivity index (χ3v) is 2.73. The van der Waals surface area contributed by atoms with Gasteiger partial charge in [-0.1, -0.05) is 5.16 Å². The van der Waals surface area contributed by atoms with Crippen molar-refractivity contribution in [3.63, 3.8) is 0 Å². The number of aryl methyl sites for hydroxylation is 1. The van der Waals surface area contributed by atoms with E-state index in [1.54, 1.807) is 6.92 Å². The van der Waals surface area contributed by atoms with Gasteiger partial charge in [-0.15, -0.1) is 0 Å². The van der Waals surface area contributed by atoms with Crippen molar-refractivity contribution in [2.45, 2.75) is 13.3 Å². The first-order valence-corrected chi connectivity index (χ1v) is 5.40. The van der Waals surface area contributed by atoms with Crippen LogP contribution in [0.4, 0.5) is 0 Å². The number of rotatable bonds is 2. The maximum Gasteiger partial charge on any atom is 0.236 e. The Labute approximate surface area is 94.2 Å². The van der Waals surface area contributed by atoms with E-state index in [0.29, 0.717) is 11.7 Å². The topological polar surface area (TPSA) is 62.5 Å². The molecule has 0 bridgehead atoms. The quantitative estimate of drug-likeness (QED) is 0.690. The molecular formula is C10H16N4O2. The summed E-state index contributed by atoms with van der Waals surface area (Å²) in [4.78, 5) is 19.9. The van der Waals surface area contributed by atoms with E-state index in [4.69, 9.17) is 4.52 Å². The van der Waals surface area contributed by atoms with Crippen LogP contribution in [-0.2, 0) is 11.2 Å². The molecule has 1 fully saturated rings. The van der Waals surface area contributed by atoms with Crippen LogP contribution in [0.3, 0.4) is 0 Å². The summed E-state index contributed by atoms with van der Waals surface area (Å²) in [6, 6.07) is 0. The first kappa shape index (κ1) is 11.1. The molecule has 0 N–H and O–H groups in total. The van der Waals surface area contributed by atoms with Crippen LogP contribution < -0.4 is 0 Å². The van der Waals surface area contributed by atoms with Crippen molar-refractivity contribution in [2.75, 3.05) is 33.2 Å². The van der Waals surface area contributed by atoms with Gasteiger partial charge in [0, 0.05) is 26.2 Å². The van der Waals surface area contributed by atoms with Crippen LogP contribution in [0.1, 0.15) is 11.7 Å². The zero-order valence-electron chi connectivity index (χ0n) is 9.64. The summed E-state index contributed by atoms with van der Waals surface area (Å²) in [7, 11) is 2.06. The summed E-state index contributed by atoms with van der Waals surface area (Å²) in [6.07, 6.45) is 0.213. The van der Waals surface area contributed by atoms with Crippen LogP contribution in [0.5, 0.6) is 0 Å². The molecule has 16 heavy (non-hydrogen) atoms. The van der Waals surface area contributed by atoms with Gasteiger partial charge in [-0.05, 0) is 14.0 Å². The first-order chi connectivity index (χ1) is 7.65. The maximum absolute atomic E-state index is 11.9. The Hall–Kier alpha value is -1.43. The van der Waals surface area contributed by atoms with Crippen LogP contribution in [0.25, 0.3) is 0 Å². The Bertz CT molecular complexity index is 369. The number of hydrogen-bond acceptors (Lipinski definition) is 5. The van der Waals surface area contributed by atoms with Gasteiger partial charge in [0.25, 0.3) is 0 Å². The lowest BCUT2D eigenvalue weighted by Crippen LogP contribution is -2.47. The molecule has 0 saturated carbocycles. The Kier molecular flexibility index (Phi) is 3.19. The van der Waals surface area contributed by atoms with Gasteiger partial charge in [0.1, 0.15) is 6.42 Å². The van der Waals surface area contributed by atoms with E-state index in [-0.39, 0.29) is 12.3 Å². The van der Waals surface area contributed by atoms with Crippen molar-refractivity contribution in [3.05, 3.63) is 11.7 Å². The van der Waals surface area contributed by atoms with Gasteiger partial charge in [0.15, 0.2) is 5.82 Å².